The van der Waals surface area contributed by atoms with Gasteiger partial charge >= 0.3 is 5.97 Å². The predicted molar refractivity (Wildman–Crippen MR) is 98.1 cm³/mol. The van der Waals surface area contributed by atoms with Crippen molar-refractivity contribution < 1.29 is 23.8 Å². The van der Waals surface area contributed by atoms with Crippen molar-refractivity contribution in [3.05, 3.63) is 62.8 Å². The first kappa shape index (κ1) is 19.9. The maximum absolute atomic E-state index is 12.8. The van der Waals surface area contributed by atoms with Crippen molar-refractivity contribution in [3.63, 3.8) is 0 Å². The van der Waals surface area contributed by atoms with Gasteiger partial charge in [-0.1, -0.05) is 23.7 Å². The molecule has 0 radical (unpaired) electrons. The molecule has 6 nitrogen and oxygen atoms in total. The summed E-state index contributed by atoms with van der Waals surface area (Å²) in [5.74, 6) is -1.65. The molecule has 26 heavy (non-hydrogen) atoms. The third kappa shape index (κ3) is 6.12. The average molecular weight is 444 g/mol. The molecule has 0 aliphatic heterocycles. The van der Waals surface area contributed by atoms with Gasteiger partial charge in [0.15, 0.2) is 12.4 Å². The molecule has 0 aromatic heterocycles. The highest BCUT2D eigenvalue weighted by molar-refractivity contribution is 9.10. The topological polar surface area (TPSA) is 88.0 Å². The number of carboxylic acids is 1. The largest absolute Gasteiger partial charge is 0.479 e. The highest BCUT2D eigenvalue weighted by Crippen LogP contribution is 2.34. The molecule has 0 spiro atoms. The lowest BCUT2D eigenvalue weighted by Crippen LogP contribution is -2.19. The van der Waals surface area contributed by atoms with Crippen LogP contribution in [0.25, 0.3) is 0 Å². The Morgan fingerprint density at radius 3 is 2.62 bits per heavy atom. The molecule has 1 amide bonds. The zero-order valence-corrected chi connectivity index (χ0v) is 15.6. The quantitative estimate of drug-likeness (QED) is 0.507. The van der Waals surface area contributed by atoms with Gasteiger partial charge in [0.25, 0.3) is 0 Å². The van der Waals surface area contributed by atoms with Gasteiger partial charge < -0.3 is 9.84 Å². The molecule has 0 fully saturated rings. The minimum atomic E-state index is -1.12. The van der Waals surface area contributed by atoms with Crippen LogP contribution in [0, 0.1) is 5.82 Å². The van der Waals surface area contributed by atoms with E-state index in [0.29, 0.717) is 15.6 Å². The molecule has 0 aliphatic carbocycles. The van der Waals surface area contributed by atoms with Gasteiger partial charge in [0.1, 0.15) is 5.82 Å². The van der Waals surface area contributed by atoms with Crippen molar-refractivity contribution in [2.24, 2.45) is 5.10 Å². The zero-order valence-electron chi connectivity index (χ0n) is 13.2. The molecular weight excluding hydrogens is 431 g/mol. The van der Waals surface area contributed by atoms with Crippen LogP contribution in [0.4, 0.5) is 4.39 Å². The number of carboxylic acid groups (broad SMARTS) is 1. The summed E-state index contributed by atoms with van der Waals surface area (Å²) in [6.07, 6.45) is 1.43. The Hall–Kier alpha value is -2.45. The molecule has 0 heterocycles. The second-order valence-electron chi connectivity index (χ2n) is 5.09. The lowest BCUT2D eigenvalue weighted by molar-refractivity contribution is -0.139. The van der Waals surface area contributed by atoms with E-state index in [1.165, 1.54) is 36.5 Å². The maximum Gasteiger partial charge on any atom is 0.341 e. The number of hydrazone groups is 1. The second kappa shape index (κ2) is 9.30. The van der Waals surface area contributed by atoms with Crippen LogP contribution in [-0.4, -0.2) is 29.8 Å². The van der Waals surface area contributed by atoms with Gasteiger partial charge in [-0.2, -0.15) is 5.10 Å². The van der Waals surface area contributed by atoms with E-state index in [9.17, 15) is 14.0 Å². The molecule has 0 bridgehead atoms. The number of carbonyl (C=O) groups is 2. The van der Waals surface area contributed by atoms with Crippen LogP contribution in [0.1, 0.15) is 11.1 Å². The number of aliphatic carboxylic acids is 1. The fraction of sp³-hybridized carbons (Fsp3) is 0.118. The number of nitrogens with zero attached hydrogens (tertiary/aromatic N) is 1. The standard InChI is InChI=1S/C17H13BrClFN2O4/c18-13-5-11(6-14(19)17(13)26-9-16(24)25)8-21-22-15(23)7-10-1-3-12(20)4-2-10/h1-6,8H,7,9H2,(H,22,23)(H,24,25)/b21-8+. The summed E-state index contributed by atoms with van der Waals surface area (Å²) in [6.45, 7) is -0.523. The number of rotatable bonds is 7. The van der Waals surface area contributed by atoms with Crippen LogP contribution in [0.15, 0.2) is 46.0 Å². The maximum atomic E-state index is 12.8. The van der Waals surface area contributed by atoms with E-state index >= 15 is 0 Å². The van der Waals surface area contributed by atoms with Gasteiger partial charge in [-0.15, -0.1) is 0 Å². The fourth-order valence-electron chi connectivity index (χ4n) is 1.93. The Labute approximate surface area is 161 Å². The van der Waals surface area contributed by atoms with Crippen molar-refractivity contribution >= 4 is 45.6 Å². The van der Waals surface area contributed by atoms with Gasteiger partial charge in [0.05, 0.1) is 22.1 Å². The first-order valence-electron chi connectivity index (χ1n) is 7.25. The third-order valence-corrected chi connectivity index (χ3v) is 3.91. The predicted octanol–water partition coefficient (Wildman–Crippen LogP) is 3.40. The number of hydrogen-bond acceptors (Lipinski definition) is 4. The van der Waals surface area contributed by atoms with Crippen LogP contribution in [0.3, 0.4) is 0 Å². The summed E-state index contributed by atoms with van der Waals surface area (Å²) >= 11 is 9.29. The number of halogens is 3. The van der Waals surface area contributed by atoms with E-state index in [2.05, 4.69) is 26.5 Å². The van der Waals surface area contributed by atoms with Crippen LogP contribution in [-0.2, 0) is 16.0 Å². The van der Waals surface area contributed by atoms with E-state index in [-0.39, 0.29) is 28.9 Å². The molecule has 2 N–H and O–H groups in total. The molecule has 0 saturated heterocycles. The van der Waals surface area contributed by atoms with Crippen LogP contribution in [0.2, 0.25) is 5.02 Å². The molecule has 9 heteroatoms. The zero-order chi connectivity index (χ0) is 19.1. The summed E-state index contributed by atoms with van der Waals surface area (Å²) in [5.41, 5.74) is 3.58. The molecule has 0 atom stereocenters. The fourth-order valence-corrected chi connectivity index (χ4v) is 2.92. The lowest BCUT2D eigenvalue weighted by atomic mass is 10.1. The SMILES string of the molecule is O=C(O)COc1c(Cl)cc(/C=N/NC(=O)Cc2ccc(F)cc2)cc1Br. The first-order chi connectivity index (χ1) is 12.3. The van der Waals surface area contributed by atoms with Crippen molar-refractivity contribution in [2.75, 3.05) is 6.61 Å². The minimum absolute atomic E-state index is 0.0596. The number of nitrogens with one attached hydrogen (secondary N) is 1. The van der Waals surface area contributed by atoms with Gasteiger partial charge in [0, 0.05) is 0 Å². The number of ether oxygens (including phenoxy) is 1. The first-order valence-corrected chi connectivity index (χ1v) is 8.42. The minimum Gasteiger partial charge on any atom is -0.479 e. The normalized spacial score (nSPS) is 10.7. The molecule has 0 saturated carbocycles. The third-order valence-electron chi connectivity index (χ3n) is 3.04. The summed E-state index contributed by atoms with van der Waals surface area (Å²) in [5, 5.41) is 12.7. The Morgan fingerprint density at radius 1 is 1.31 bits per heavy atom. The van der Waals surface area contributed by atoms with E-state index in [1.54, 1.807) is 6.07 Å². The summed E-state index contributed by atoms with van der Waals surface area (Å²) in [4.78, 5) is 22.3. The van der Waals surface area contributed by atoms with E-state index in [1.807, 2.05) is 0 Å². The van der Waals surface area contributed by atoms with Crippen molar-refractivity contribution in [2.45, 2.75) is 6.42 Å². The number of amides is 1. The molecule has 2 aromatic rings. The molecular formula is C17H13BrClFN2O4. The van der Waals surface area contributed by atoms with E-state index in [0.717, 1.165) is 0 Å². The number of benzene rings is 2. The molecule has 136 valence electrons. The van der Waals surface area contributed by atoms with Crippen molar-refractivity contribution in [3.8, 4) is 5.75 Å². The Bertz CT molecular complexity index is 820. The second-order valence-corrected chi connectivity index (χ2v) is 6.35. The van der Waals surface area contributed by atoms with Gasteiger partial charge in [0.2, 0.25) is 5.91 Å². The average Bonchev–Trinajstić information content (AvgIpc) is 2.56. The van der Waals surface area contributed by atoms with Crippen LogP contribution < -0.4 is 10.2 Å². The molecule has 2 aromatic carbocycles. The Morgan fingerprint density at radius 2 is 2.00 bits per heavy atom. The summed E-state index contributed by atoms with van der Waals surface area (Å²) < 4.78 is 18.4. The Balaban J connectivity index is 1.96. The molecule has 2 rings (SSSR count). The lowest BCUT2D eigenvalue weighted by Gasteiger charge is -2.09. The highest BCUT2D eigenvalue weighted by atomic mass is 79.9. The molecule has 0 aliphatic rings. The van der Waals surface area contributed by atoms with E-state index in [4.69, 9.17) is 21.4 Å². The number of hydrogen-bond donors (Lipinski definition) is 2. The van der Waals surface area contributed by atoms with E-state index < -0.39 is 12.6 Å². The molecule has 0 unspecified atom stereocenters. The van der Waals surface area contributed by atoms with Crippen molar-refractivity contribution in [1.82, 2.24) is 5.43 Å². The number of carbonyl (C=O) groups excluding carboxylic acids is 1. The van der Waals surface area contributed by atoms with Crippen LogP contribution >= 0.6 is 27.5 Å². The summed E-state index contributed by atoms with van der Waals surface area (Å²) in [6, 6.07) is 8.72. The highest BCUT2D eigenvalue weighted by Gasteiger charge is 2.10. The van der Waals surface area contributed by atoms with Crippen molar-refractivity contribution in [1.29, 1.82) is 0 Å². The Kier molecular flexibility index (Phi) is 7.11. The van der Waals surface area contributed by atoms with Gasteiger partial charge in [-0.25, -0.2) is 14.6 Å². The van der Waals surface area contributed by atoms with Crippen LogP contribution in [0.5, 0.6) is 5.75 Å². The summed E-state index contributed by atoms with van der Waals surface area (Å²) in [7, 11) is 0. The monoisotopic (exact) mass is 442 g/mol. The van der Waals surface area contributed by atoms with Gasteiger partial charge in [-0.3, -0.25) is 4.79 Å². The van der Waals surface area contributed by atoms with Gasteiger partial charge in [-0.05, 0) is 51.3 Å². The smallest absolute Gasteiger partial charge is 0.341 e.